The van der Waals surface area contributed by atoms with E-state index in [4.69, 9.17) is 5.73 Å². The van der Waals surface area contributed by atoms with Crippen molar-refractivity contribution in [2.45, 2.75) is 26.7 Å². The van der Waals surface area contributed by atoms with Gasteiger partial charge in [-0.15, -0.1) is 0 Å². The lowest BCUT2D eigenvalue weighted by molar-refractivity contribution is 0.112. The van der Waals surface area contributed by atoms with Crippen LogP contribution in [0.4, 0.5) is 14.5 Å². The molecule has 0 bridgehead atoms. The Balaban J connectivity index is 2.00. The molecule has 0 fully saturated rings. The number of fused-ring (bicyclic) bond motifs is 3. The second kappa shape index (κ2) is 10.8. The zero-order valence-electron chi connectivity index (χ0n) is 21.4. The van der Waals surface area contributed by atoms with Crippen LogP contribution in [0.2, 0.25) is 0 Å². The van der Waals surface area contributed by atoms with Gasteiger partial charge >= 0.3 is 0 Å². The predicted molar refractivity (Wildman–Crippen MR) is 150 cm³/mol. The number of benzene rings is 3. The highest BCUT2D eigenvalue weighted by Gasteiger charge is 2.23. The monoisotopic (exact) mass is 499 g/mol. The number of carbonyl (C=O) groups excluding carboxylic acids is 1. The third-order valence-electron chi connectivity index (χ3n) is 6.51. The summed E-state index contributed by atoms with van der Waals surface area (Å²) in [5.74, 6) is -0.850. The Morgan fingerprint density at radius 2 is 1.76 bits per heavy atom. The molecule has 0 atom stereocenters. The molecule has 0 saturated heterocycles. The van der Waals surface area contributed by atoms with Crippen molar-refractivity contribution in [3.05, 3.63) is 95.6 Å². The van der Waals surface area contributed by atoms with Crippen molar-refractivity contribution in [3.63, 3.8) is 0 Å². The second-order valence-corrected chi connectivity index (χ2v) is 9.10. The normalized spacial score (nSPS) is 12.1. The van der Waals surface area contributed by atoms with Gasteiger partial charge in [-0.05, 0) is 66.4 Å². The van der Waals surface area contributed by atoms with E-state index in [-0.39, 0.29) is 0 Å². The van der Waals surface area contributed by atoms with Crippen LogP contribution in [0.15, 0.2) is 72.8 Å². The van der Waals surface area contributed by atoms with E-state index < -0.39 is 11.6 Å². The number of aromatic nitrogens is 1. The van der Waals surface area contributed by atoms with Gasteiger partial charge in [0.2, 0.25) is 0 Å². The lowest BCUT2D eigenvalue weighted by Gasteiger charge is -2.26. The molecule has 4 nitrogen and oxygen atoms in total. The van der Waals surface area contributed by atoms with Gasteiger partial charge in [-0.3, -0.25) is 4.79 Å². The summed E-state index contributed by atoms with van der Waals surface area (Å²) >= 11 is 0. The van der Waals surface area contributed by atoms with Gasteiger partial charge in [0, 0.05) is 63.5 Å². The third-order valence-corrected chi connectivity index (χ3v) is 6.51. The Morgan fingerprint density at radius 3 is 2.46 bits per heavy atom. The number of halogens is 2. The van der Waals surface area contributed by atoms with Crippen molar-refractivity contribution < 1.29 is 13.6 Å². The number of nitrogen functional groups attached to an aromatic ring is 1. The highest BCUT2D eigenvalue weighted by atomic mass is 19.1. The van der Waals surface area contributed by atoms with Crippen molar-refractivity contribution in [3.8, 4) is 11.1 Å². The van der Waals surface area contributed by atoms with Gasteiger partial charge in [0.05, 0.1) is 0 Å². The highest BCUT2D eigenvalue weighted by Crippen LogP contribution is 2.41. The Bertz CT molecular complexity index is 1560. The van der Waals surface area contributed by atoms with Gasteiger partial charge in [0.25, 0.3) is 0 Å². The molecular formula is C31H31F2N3O. The van der Waals surface area contributed by atoms with E-state index in [1.54, 1.807) is 6.07 Å². The smallest absolute Gasteiger partial charge is 0.151 e. The summed E-state index contributed by atoms with van der Waals surface area (Å²) in [4.78, 5) is 17.9. The van der Waals surface area contributed by atoms with Crippen LogP contribution in [-0.2, 0) is 0 Å². The first-order chi connectivity index (χ1) is 17.8. The molecule has 4 rings (SSSR count). The van der Waals surface area contributed by atoms with E-state index in [1.165, 1.54) is 30.3 Å². The number of hydrogen-bond acceptors (Lipinski definition) is 3. The zero-order valence-corrected chi connectivity index (χ0v) is 21.4. The minimum Gasteiger partial charge on any atom is -0.398 e. The van der Waals surface area contributed by atoms with Crippen LogP contribution in [0.25, 0.3) is 38.6 Å². The molecule has 3 N–H and O–H groups in total. The summed E-state index contributed by atoms with van der Waals surface area (Å²) < 4.78 is 28.6. The lowest BCUT2D eigenvalue weighted by atomic mass is 9.89. The highest BCUT2D eigenvalue weighted by molar-refractivity contribution is 6.18. The number of rotatable bonds is 9. The molecule has 0 radical (unpaired) electrons. The van der Waals surface area contributed by atoms with Crippen LogP contribution in [0, 0.1) is 11.6 Å². The molecule has 0 amide bonds. The van der Waals surface area contributed by atoms with Crippen LogP contribution in [0.5, 0.6) is 0 Å². The Morgan fingerprint density at radius 1 is 1.03 bits per heavy atom. The first kappa shape index (κ1) is 25.9. The van der Waals surface area contributed by atoms with Crippen molar-refractivity contribution in [2.75, 3.05) is 19.3 Å². The number of aromatic amines is 1. The first-order valence-corrected chi connectivity index (χ1v) is 12.3. The number of aldehydes is 1. The number of allylic oxidation sites excluding steroid dienone is 2. The Hall–Kier alpha value is -4.19. The molecule has 1 heterocycles. The number of nitrogens with zero attached hydrogens (tertiary/aromatic N) is 1. The number of hydrogen-bond donors (Lipinski definition) is 2. The van der Waals surface area contributed by atoms with E-state index in [1.807, 2.05) is 18.0 Å². The quantitative estimate of drug-likeness (QED) is 0.140. The molecule has 4 aromatic rings. The number of nitrogens with one attached hydrogen (secondary N) is 1. The summed E-state index contributed by atoms with van der Waals surface area (Å²) in [7, 11) is 1.90. The number of carbonyl (C=O) groups is 1. The molecule has 190 valence electrons. The molecule has 0 aliphatic heterocycles. The molecule has 6 heteroatoms. The van der Waals surface area contributed by atoms with Crippen molar-refractivity contribution in [2.24, 2.45) is 0 Å². The van der Waals surface area contributed by atoms with Gasteiger partial charge in [0.1, 0.15) is 11.6 Å². The van der Waals surface area contributed by atoms with Crippen LogP contribution in [0.1, 0.15) is 42.6 Å². The number of H-pyrrole nitrogens is 1. The van der Waals surface area contributed by atoms with Crippen LogP contribution < -0.4 is 5.73 Å². The van der Waals surface area contributed by atoms with Gasteiger partial charge in [-0.2, -0.15) is 0 Å². The summed E-state index contributed by atoms with van der Waals surface area (Å²) in [6, 6.07) is 10.4. The third kappa shape index (κ3) is 5.05. The molecule has 0 aliphatic rings. The zero-order chi connectivity index (χ0) is 26.7. The maximum absolute atomic E-state index is 14.4. The fraction of sp³-hybridized carbons (Fsp3) is 0.194. The van der Waals surface area contributed by atoms with Crippen LogP contribution in [-0.4, -0.2) is 29.8 Å². The molecule has 0 saturated carbocycles. The minimum atomic E-state index is -0.446. The maximum atomic E-state index is 14.4. The van der Waals surface area contributed by atoms with E-state index in [0.29, 0.717) is 62.0 Å². The van der Waals surface area contributed by atoms with E-state index in [2.05, 4.69) is 43.6 Å². The largest absolute Gasteiger partial charge is 0.398 e. The topological polar surface area (TPSA) is 62.1 Å². The second-order valence-electron chi connectivity index (χ2n) is 9.10. The summed E-state index contributed by atoms with van der Waals surface area (Å²) in [5.41, 5.74) is 11.6. The van der Waals surface area contributed by atoms with Crippen molar-refractivity contribution in [1.82, 2.24) is 9.88 Å². The molecule has 1 aromatic heterocycles. The number of likely N-dealkylation sites (N-methyl/N-ethyl adjacent to an activating group) is 1. The van der Waals surface area contributed by atoms with E-state index >= 15 is 0 Å². The molecule has 0 aliphatic carbocycles. The Labute approximate surface area is 215 Å². The first-order valence-electron chi connectivity index (χ1n) is 12.3. The number of nitrogens with two attached hydrogens (primary N) is 1. The lowest BCUT2D eigenvalue weighted by Crippen LogP contribution is -2.20. The van der Waals surface area contributed by atoms with E-state index in [9.17, 15) is 13.6 Å². The minimum absolute atomic E-state index is 0.343. The van der Waals surface area contributed by atoms with Gasteiger partial charge < -0.3 is 15.6 Å². The molecule has 3 aromatic carbocycles. The molecular weight excluding hydrogens is 468 g/mol. The summed E-state index contributed by atoms with van der Waals surface area (Å²) in [5, 5.41) is 1.17. The fourth-order valence-electron chi connectivity index (χ4n) is 4.75. The van der Waals surface area contributed by atoms with Crippen LogP contribution in [0.3, 0.4) is 0 Å². The SMILES string of the molecule is C=C(c1c(-c2cc(F)ccc2N)cc2[nH]c3ccc(F)cc3c2c1C=O)N(C)CC(/C=C\CC)=C/CC. The van der Waals surface area contributed by atoms with Crippen LogP contribution >= 0.6 is 0 Å². The number of anilines is 1. The fourth-order valence-corrected chi connectivity index (χ4v) is 4.75. The molecule has 0 spiro atoms. The van der Waals surface area contributed by atoms with Gasteiger partial charge in [0.15, 0.2) is 6.29 Å². The van der Waals surface area contributed by atoms with E-state index in [0.717, 1.165) is 24.7 Å². The van der Waals surface area contributed by atoms with Gasteiger partial charge in [-0.1, -0.05) is 38.7 Å². The summed E-state index contributed by atoms with van der Waals surface area (Å²) in [6.45, 7) is 9.06. The maximum Gasteiger partial charge on any atom is 0.151 e. The Kier molecular flexibility index (Phi) is 7.58. The summed E-state index contributed by atoms with van der Waals surface area (Å²) in [6.07, 6.45) is 8.88. The average Bonchev–Trinajstić information content (AvgIpc) is 3.24. The van der Waals surface area contributed by atoms with Crippen molar-refractivity contribution in [1.29, 1.82) is 0 Å². The van der Waals surface area contributed by atoms with Gasteiger partial charge in [-0.25, -0.2) is 8.78 Å². The predicted octanol–water partition coefficient (Wildman–Crippen LogP) is 7.87. The standard InChI is InChI=1S/C31H31F2N3O/c1-5-7-9-20(8-6-2)17-36(4)19(3)30-24(23-14-21(32)10-12-27(23)34)16-29-31(26(30)18-37)25-15-22(33)11-13-28(25)35-29/h7-16,18,35H,3,5-6,17,34H2,1-2,4H3/b9-7-,20-8+. The average molecular weight is 500 g/mol. The molecule has 0 unspecified atom stereocenters. The van der Waals surface area contributed by atoms with Crippen molar-refractivity contribution >= 4 is 39.5 Å². The molecule has 37 heavy (non-hydrogen) atoms.